The number of carbonyl (C=O) groups excluding carboxylic acids is 3. The molecule has 3 rings (SSSR count). The maximum absolute atomic E-state index is 12.2. The number of azo groups is 2. The molecule has 1 fully saturated rings. The molecule has 1 aromatic carbocycles. The molecule has 1 aliphatic carbocycles. The van der Waals surface area contributed by atoms with Crippen molar-refractivity contribution in [3.63, 3.8) is 0 Å². The molecule has 1 heterocycles. The van der Waals surface area contributed by atoms with E-state index in [1.54, 1.807) is 24.3 Å². The van der Waals surface area contributed by atoms with Crippen molar-refractivity contribution in [2.24, 2.45) is 11.0 Å². The largest absolute Gasteiger partial charge is 0.443 e. The minimum Gasteiger partial charge on any atom is -0.349 e. The van der Waals surface area contributed by atoms with Crippen molar-refractivity contribution in [2.45, 2.75) is 25.8 Å². The molecular weight excluding hydrogens is 282 g/mol. The predicted octanol–water partition coefficient (Wildman–Crippen LogP) is 1.93. The minimum absolute atomic E-state index is 0.141. The minimum atomic E-state index is -0.503. The van der Waals surface area contributed by atoms with Crippen LogP contribution in [0, 0.1) is 5.92 Å². The Labute approximate surface area is 127 Å². The molecule has 0 spiro atoms. The first-order chi connectivity index (χ1) is 10.5. The van der Waals surface area contributed by atoms with E-state index in [1.807, 2.05) is 6.92 Å². The van der Waals surface area contributed by atoms with Crippen LogP contribution in [0.4, 0.5) is 5.69 Å². The quantitative estimate of drug-likeness (QED) is 0.863. The van der Waals surface area contributed by atoms with Crippen molar-refractivity contribution in [1.82, 2.24) is 5.32 Å². The van der Waals surface area contributed by atoms with Crippen LogP contribution in [0.5, 0.6) is 0 Å². The lowest BCUT2D eigenvalue weighted by molar-refractivity contribution is -0.425. The van der Waals surface area contributed by atoms with Crippen LogP contribution in [0.25, 0.3) is 0 Å². The van der Waals surface area contributed by atoms with Crippen molar-refractivity contribution < 1.29 is 19.1 Å². The van der Waals surface area contributed by atoms with E-state index in [2.05, 4.69) is 10.4 Å². The highest BCUT2D eigenvalue weighted by atomic mass is 16.2. The fourth-order valence-electron chi connectivity index (χ4n) is 2.36. The number of carbonyl (C=O) groups is 3. The SMILES string of the molecule is CC(NC(=O)c1cccc([N+]2=NC(=O)C=CC2=O)c1)C1CC1. The van der Waals surface area contributed by atoms with Gasteiger partial charge in [0.1, 0.15) is 0 Å². The van der Waals surface area contributed by atoms with Crippen LogP contribution in [0.1, 0.15) is 30.1 Å². The Bertz CT molecular complexity index is 717. The zero-order valence-electron chi connectivity index (χ0n) is 12.2. The van der Waals surface area contributed by atoms with E-state index in [9.17, 15) is 14.4 Å². The molecule has 1 unspecified atom stereocenters. The Balaban J connectivity index is 1.81. The van der Waals surface area contributed by atoms with Crippen LogP contribution in [-0.2, 0) is 9.59 Å². The first kappa shape index (κ1) is 14.3. The third-order valence-electron chi connectivity index (χ3n) is 3.82. The molecule has 6 heteroatoms. The maximum atomic E-state index is 12.2. The molecule has 3 amide bonds. The molecule has 1 aliphatic heterocycles. The van der Waals surface area contributed by atoms with Crippen molar-refractivity contribution in [1.29, 1.82) is 0 Å². The Kier molecular flexibility index (Phi) is 3.66. The van der Waals surface area contributed by atoms with Crippen molar-refractivity contribution in [3.8, 4) is 0 Å². The van der Waals surface area contributed by atoms with E-state index < -0.39 is 11.8 Å². The van der Waals surface area contributed by atoms with Gasteiger partial charge in [-0.05, 0) is 36.4 Å². The molecule has 0 saturated heterocycles. The highest BCUT2D eigenvalue weighted by molar-refractivity contribution is 5.98. The summed E-state index contributed by atoms with van der Waals surface area (Å²) >= 11 is 0. The van der Waals surface area contributed by atoms with Gasteiger partial charge in [0, 0.05) is 29.8 Å². The number of benzene rings is 1. The van der Waals surface area contributed by atoms with Gasteiger partial charge in [-0.25, -0.2) is 4.79 Å². The summed E-state index contributed by atoms with van der Waals surface area (Å²) < 4.78 is 1.00. The lowest BCUT2D eigenvalue weighted by Gasteiger charge is -2.12. The number of hydrogen-bond donors (Lipinski definition) is 1. The van der Waals surface area contributed by atoms with Crippen LogP contribution >= 0.6 is 0 Å². The fraction of sp³-hybridized carbons (Fsp3) is 0.312. The second kappa shape index (κ2) is 5.63. The summed E-state index contributed by atoms with van der Waals surface area (Å²) in [5.41, 5.74) is 0.837. The Morgan fingerprint density at radius 1 is 1.32 bits per heavy atom. The zero-order valence-corrected chi connectivity index (χ0v) is 12.2. The third kappa shape index (κ3) is 3.00. The Morgan fingerprint density at radius 3 is 2.82 bits per heavy atom. The Morgan fingerprint density at radius 2 is 2.09 bits per heavy atom. The molecule has 1 saturated carbocycles. The van der Waals surface area contributed by atoms with Crippen LogP contribution in [0.3, 0.4) is 0 Å². The van der Waals surface area contributed by atoms with Gasteiger partial charge in [-0.1, -0.05) is 6.07 Å². The monoisotopic (exact) mass is 298 g/mol. The second-order valence-corrected chi connectivity index (χ2v) is 5.57. The van der Waals surface area contributed by atoms with Gasteiger partial charge in [0.05, 0.1) is 11.2 Å². The number of nitrogens with zero attached hydrogens (tertiary/aromatic N) is 2. The van der Waals surface area contributed by atoms with Gasteiger partial charge in [0.2, 0.25) is 5.69 Å². The molecule has 1 N–H and O–H groups in total. The van der Waals surface area contributed by atoms with Gasteiger partial charge in [0.25, 0.3) is 5.91 Å². The number of hydrogen-bond acceptors (Lipinski definition) is 3. The standard InChI is InChI=1S/C16H15N3O3/c1-10(11-5-6-11)17-16(22)12-3-2-4-13(9-12)19-15(21)8-7-14(20)18-19/h2-4,7-11H,5-6H2,1H3/p+1. The van der Waals surface area contributed by atoms with E-state index >= 15 is 0 Å². The lowest BCUT2D eigenvalue weighted by Crippen LogP contribution is -2.34. The van der Waals surface area contributed by atoms with E-state index in [0.717, 1.165) is 29.7 Å². The smallest absolute Gasteiger partial charge is 0.349 e. The van der Waals surface area contributed by atoms with Crippen LogP contribution in [0.2, 0.25) is 0 Å². The van der Waals surface area contributed by atoms with Crippen molar-refractivity contribution in [3.05, 3.63) is 42.0 Å². The molecule has 1 atom stereocenters. The molecule has 1 aromatic rings. The normalized spacial score (nSPS) is 18.9. The lowest BCUT2D eigenvalue weighted by atomic mass is 10.1. The zero-order chi connectivity index (χ0) is 15.7. The third-order valence-corrected chi connectivity index (χ3v) is 3.82. The molecule has 0 radical (unpaired) electrons. The Hall–Kier alpha value is -2.63. The van der Waals surface area contributed by atoms with Gasteiger partial charge in [0.15, 0.2) is 0 Å². The average molecular weight is 298 g/mol. The molecule has 2 aliphatic rings. The second-order valence-electron chi connectivity index (χ2n) is 5.57. The van der Waals surface area contributed by atoms with Gasteiger partial charge in [-0.15, -0.1) is 0 Å². The molecule has 0 bridgehead atoms. The highest BCUT2D eigenvalue weighted by Gasteiger charge is 2.30. The molecule has 22 heavy (non-hydrogen) atoms. The molecule has 6 nitrogen and oxygen atoms in total. The predicted molar refractivity (Wildman–Crippen MR) is 77.6 cm³/mol. The average Bonchev–Trinajstić information content (AvgIpc) is 3.34. The summed E-state index contributed by atoms with van der Waals surface area (Å²) in [6.45, 7) is 1.99. The summed E-state index contributed by atoms with van der Waals surface area (Å²) in [6.07, 6.45) is 4.58. The molecule has 112 valence electrons. The first-order valence-electron chi connectivity index (χ1n) is 7.23. The van der Waals surface area contributed by atoms with Gasteiger partial charge in [-0.3, -0.25) is 9.59 Å². The summed E-state index contributed by atoms with van der Waals surface area (Å²) in [6, 6.07) is 6.67. The van der Waals surface area contributed by atoms with Crippen LogP contribution in [-0.4, -0.2) is 28.5 Å². The number of amides is 3. The van der Waals surface area contributed by atoms with Gasteiger partial charge in [-0.2, -0.15) is 0 Å². The topological polar surface area (TPSA) is 78.6 Å². The maximum Gasteiger partial charge on any atom is 0.443 e. The van der Waals surface area contributed by atoms with Crippen molar-refractivity contribution >= 4 is 23.4 Å². The van der Waals surface area contributed by atoms with Gasteiger partial charge >= 0.3 is 11.8 Å². The molecule has 0 aromatic heterocycles. The summed E-state index contributed by atoms with van der Waals surface area (Å²) in [5, 5.41) is 6.61. The number of rotatable bonds is 4. The summed E-state index contributed by atoms with van der Waals surface area (Å²) in [5.74, 6) is -0.540. The summed E-state index contributed by atoms with van der Waals surface area (Å²) in [7, 11) is 0. The first-order valence-corrected chi connectivity index (χ1v) is 7.23. The van der Waals surface area contributed by atoms with Crippen LogP contribution in [0.15, 0.2) is 41.5 Å². The van der Waals surface area contributed by atoms with Crippen molar-refractivity contribution in [2.75, 3.05) is 0 Å². The van der Waals surface area contributed by atoms with Gasteiger partial charge < -0.3 is 5.32 Å². The molecular formula is C16H16N3O3+. The van der Waals surface area contributed by atoms with Crippen LogP contribution < -0.4 is 5.32 Å². The van der Waals surface area contributed by atoms with E-state index in [-0.39, 0.29) is 11.9 Å². The highest BCUT2D eigenvalue weighted by Crippen LogP contribution is 2.32. The van der Waals surface area contributed by atoms with E-state index in [1.165, 1.54) is 0 Å². The fourth-order valence-corrected chi connectivity index (χ4v) is 2.36. The van der Waals surface area contributed by atoms with E-state index in [0.29, 0.717) is 17.2 Å². The summed E-state index contributed by atoms with van der Waals surface area (Å²) in [4.78, 5) is 35.3. The van der Waals surface area contributed by atoms with E-state index in [4.69, 9.17) is 0 Å². The number of nitrogens with one attached hydrogen (secondary N) is 1.